The Hall–Kier alpha value is -2.14. The number of aliphatic hydroxyl groups is 1. The van der Waals surface area contributed by atoms with Gasteiger partial charge in [0.05, 0.1) is 5.52 Å². The van der Waals surface area contributed by atoms with Crippen molar-refractivity contribution < 1.29 is 15.0 Å². The van der Waals surface area contributed by atoms with Gasteiger partial charge in [-0.2, -0.15) is 0 Å². The van der Waals surface area contributed by atoms with Crippen molar-refractivity contribution in [2.75, 3.05) is 11.9 Å². The zero-order chi connectivity index (χ0) is 14.8. The number of carboxylic acid groups (broad SMARTS) is 1. The molecule has 2 unspecified atom stereocenters. The van der Waals surface area contributed by atoms with Crippen LogP contribution in [0.1, 0.15) is 29.6 Å². The van der Waals surface area contributed by atoms with Gasteiger partial charge in [0, 0.05) is 24.0 Å². The fourth-order valence-corrected chi connectivity index (χ4v) is 3.01. The highest BCUT2D eigenvalue weighted by atomic mass is 16.4. The van der Waals surface area contributed by atoms with Crippen LogP contribution >= 0.6 is 0 Å². The molecule has 2 atom stereocenters. The van der Waals surface area contributed by atoms with Crippen LogP contribution in [-0.4, -0.2) is 33.8 Å². The summed E-state index contributed by atoms with van der Waals surface area (Å²) in [6.45, 7) is 0.119. The van der Waals surface area contributed by atoms with Crippen molar-refractivity contribution in [3.8, 4) is 0 Å². The van der Waals surface area contributed by atoms with Crippen LogP contribution in [0.2, 0.25) is 0 Å². The van der Waals surface area contributed by atoms with Gasteiger partial charge >= 0.3 is 5.97 Å². The zero-order valence-electron chi connectivity index (χ0n) is 11.6. The van der Waals surface area contributed by atoms with Gasteiger partial charge in [-0.15, -0.1) is 0 Å². The molecule has 0 saturated heterocycles. The predicted molar refractivity (Wildman–Crippen MR) is 80.5 cm³/mol. The van der Waals surface area contributed by atoms with Crippen LogP contribution in [-0.2, 0) is 0 Å². The smallest absolute Gasteiger partial charge is 0.339 e. The first-order valence-corrected chi connectivity index (χ1v) is 7.19. The lowest BCUT2D eigenvalue weighted by Gasteiger charge is -2.21. The van der Waals surface area contributed by atoms with Gasteiger partial charge in [0.25, 0.3) is 0 Å². The second-order valence-corrected chi connectivity index (χ2v) is 5.51. The molecule has 3 N–H and O–H groups in total. The fraction of sp³-hybridized carbons (Fsp3) is 0.375. The highest BCUT2D eigenvalue weighted by molar-refractivity contribution is 5.98. The van der Waals surface area contributed by atoms with E-state index in [-0.39, 0.29) is 24.1 Å². The number of carbonyl (C=O) groups is 1. The standard InChI is InChI=1S/C16H18N2O3/c19-9-11-5-3-7-14(11)18-15-12(16(20)21)8-10-4-1-2-6-13(10)17-15/h1-2,4,6,8,11,14,19H,3,5,7,9H2,(H,17,18)(H,20,21). The van der Waals surface area contributed by atoms with Crippen LogP contribution in [0.15, 0.2) is 30.3 Å². The summed E-state index contributed by atoms with van der Waals surface area (Å²) in [6.07, 6.45) is 2.93. The number of nitrogens with zero attached hydrogens (tertiary/aromatic N) is 1. The molecule has 3 rings (SSSR count). The molecule has 5 heteroatoms. The first-order chi connectivity index (χ1) is 10.2. The van der Waals surface area contributed by atoms with Gasteiger partial charge in [-0.1, -0.05) is 24.6 Å². The van der Waals surface area contributed by atoms with Crippen molar-refractivity contribution in [2.45, 2.75) is 25.3 Å². The van der Waals surface area contributed by atoms with Crippen molar-refractivity contribution in [1.82, 2.24) is 4.98 Å². The van der Waals surface area contributed by atoms with Gasteiger partial charge in [0.15, 0.2) is 0 Å². The Morgan fingerprint density at radius 1 is 1.33 bits per heavy atom. The molecular weight excluding hydrogens is 268 g/mol. The van der Waals surface area contributed by atoms with Gasteiger partial charge < -0.3 is 15.5 Å². The third-order valence-electron chi connectivity index (χ3n) is 4.17. The fourth-order valence-electron chi connectivity index (χ4n) is 3.01. The van der Waals surface area contributed by atoms with Crippen LogP contribution in [0.5, 0.6) is 0 Å². The van der Waals surface area contributed by atoms with Crippen molar-refractivity contribution in [3.63, 3.8) is 0 Å². The average molecular weight is 286 g/mol. The summed E-state index contributed by atoms with van der Waals surface area (Å²) < 4.78 is 0. The Balaban J connectivity index is 1.99. The Kier molecular flexibility index (Phi) is 3.75. The van der Waals surface area contributed by atoms with Crippen molar-refractivity contribution >= 4 is 22.7 Å². The Morgan fingerprint density at radius 3 is 2.90 bits per heavy atom. The maximum absolute atomic E-state index is 11.5. The molecular formula is C16H18N2O3. The molecule has 0 bridgehead atoms. The average Bonchev–Trinajstić information content (AvgIpc) is 2.93. The second kappa shape index (κ2) is 5.69. The normalized spacial score (nSPS) is 21.6. The van der Waals surface area contributed by atoms with Gasteiger partial charge in [0.2, 0.25) is 0 Å². The summed E-state index contributed by atoms with van der Waals surface area (Å²) in [5, 5.41) is 22.8. The number of aromatic carboxylic acids is 1. The van der Waals surface area contributed by atoms with Crippen LogP contribution in [0.3, 0.4) is 0 Å². The Labute approximate surface area is 122 Å². The third-order valence-corrected chi connectivity index (χ3v) is 4.17. The molecule has 0 aliphatic heterocycles. The van der Waals surface area contributed by atoms with E-state index in [1.807, 2.05) is 24.3 Å². The predicted octanol–water partition coefficient (Wildman–Crippen LogP) is 2.51. The summed E-state index contributed by atoms with van der Waals surface area (Å²) in [6, 6.07) is 9.19. The first kappa shape index (κ1) is 13.8. The monoisotopic (exact) mass is 286 g/mol. The lowest BCUT2D eigenvalue weighted by molar-refractivity contribution is 0.0697. The van der Waals surface area contributed by atoms with E-state index in [1.165, 1.54) is 0 Å². The number of pyridine rings is 1. The van der Waals surface area contributed by atoms with E-state index < -0.39 is 5.97 Å². The number of benzene rings is 1. The van der Waals surface area contributed by atoms with Gasteiger partial charge in [0.1, 0.15) is 11.4 Å². The summed E-state index contributed by atoms with van der Waals surface area (Å²) in [5.74, 6) is -0.430. The topological polar surface area (TPSA) is 82.5 Å². The summed E-state index contributed by atoms with van der Waals surface area (Å²) >= 11 is 0. The summed E-state index contributed by atoms with van der Waals surface area (Å²) in [5.41, 5.74) is 0.945. The number of anilines is 1. The van der Waals surface area contributed by atoms with Crippen LogP contribution < -0.4 is 5.32 Å². The summed E-state index contributed by atoms with van der Waals surface area (Å²) in [4.78, 5) is 15.9. The molecule has 0 spiro atoms. The van der Waals surface area contributed by atoms with E-state index in [9.17, 15) is 15.0 Å². The number of hydrogen-bond acceptors (Lipinski definition) is 4. The minimum Gasteiger partial charge on any atom is -0.478 e. The number of rotatable bonds is 4. The minimum absolute atomic E-state index is 0.0850. The molecule has 1 fully saturated rings. The van der Waals surface area contributed by atoms with Gasteiger partial charge in [-0.25, -0.2) is 9.78 Å². The Morgan fingerprint density at radius 2 is 2.14 bits per heavy atom. The molecule has 5 nitrogen and oxygen atoms in total. The lowest BCUT2D eigenvalue weighted by Crippen LogP contribution is -2.27. The highest BCUT2D eigenvalue weighted by Gasteiger charge is 2.28. The highest BCUT2D eigenvalue weighted by Crippen LogP contribution is 2.29. The van der Waals surface area contributed by atoms with Gasteiger partial charge in [-0.3, -0.25) is 0 Å². The molecule has 1 saturated carbocycles. The molecule has 1 aromatic heterocycles. The third kappa shape index (κ3) is 2.69. The molecule has 2 aromatic rings. The van der Waals surface area contributed by atoms with Crippen molar-refractivity contribution in [3.05, 3.63) is 35.9 Å². The van der Waals surface area contributed by atoms with Crippen LogP contribution in [0.25, 0.3) is 10.9 Å². The number of fused-ring (bicyclic) bond motifs is 1. The molecule has 1 aliphatic carbocycles. The van der Waals surface area contributed by atoms with Gasteiger partial charge in [-0.05, 0) is 25.0 Å². The Bertz CT molecular complexity index is 672. The number of aromatic nitrogens is 1. The molecule has 1 heterocycles. The molecule has 110 valence electrons. The van der Waals surface area contributed by atoms with Crippen molar-refractivity contribution in [1.29, 1.82) is 0 Å². The number of carboxylic acids is 1. The molecule has 21 heavy (non-hydrogen) atoms. The zero-order valence-corrected chi connectivity index (χ0v) is 11.6. The number of nitrogens with one attached hydrogen (secondary N) is 1. The SMILES string of the molecule is O=C(O)c1cc2ccccc2nc1NC1CCCC1CO. The quantitative estimate of drug-likeness (QED) is 0.804. The molecule has 1 aliphatic rings. The maximum Gasteiger partial charge on any atom is 0.339 e. The number of aliphatic hydroxyl groups excluding tert-OH is 1. The molecule has 1 aromatic carbocycles. The van der Waals surface area contributed by atoms with E-state index >= 15 is 0 Å². The largest absolute Gasteiger partial charge is 0.478 e. The summed E-state index contributed by atoms with van der Waals surface area (Å²) in [7, 11) is 0. The lowest BCUT2D eigenvalue weighted by atomic mass is 10.0. The minimum atomic E-state index is -0.991. The second-order valence-electron chi connectivity index (χ2n) is 5.51. The van der Waals surface area contributed by atoms with E-state index in [1.54, 1.807) is 6.07 Å². The van der Waals surface area contributed by atoms with E-state index in [4.69, 9.17) is 0 Å². The van der Waals surface area contributed by atoms with E-state index in [2.05, 4.69) is 10.3 Å². The van der Waals surface area contributed by atoms with Crippen molar-refractivity contribution in [2.24, 2.45) is 5.92 Å². The molecule has 0 amide bonds. The maximum atomic E-state index is 11.5. The van der Waals surface area contributed by atoms with E-state index in [0.29, 0.717) is 5.82 Å². The van der Waals surface area contributed by atoms with Crippen LogP contribution in [0.4, 0.5) is 5.82 Å². The number of para-hydroxylation sites is 1. The number of hydrogen-bond donors (Lipinski definition) is 3. The van der Waals surface area contributed by atoms with Crippen LogP contribution in [0, 0.1) is 5.92 Å². The molecule has 0 radical (unpaired) electrons. The van der Waals surface area contributed by atoms with E-state index in [0.717, 1.165) is 30.2 Å². The first-order valence-electron chi connectivity index (χ1n) is 7.19.